The van der Waals surface area contributed by atoms with Crippen LogP contribution in [-0.2, 0) is 4.79 Å². The summed E-state index contributed by atoms with van der Waals surface area (Å²) in [7, 11) is 0. The Morgan fingerprint density at radius 2 is 1.68 bits per heavy atom. The fraction of sp³-hybridized carbons (Fsp3) is 0.321. The number of aliphatic hydroxyl groups is 1. The molecule has 2 aliphatic rings. The van der Waals surface area contributed by atoms with Gasteiger partial charge in [0.05, 0.1) is 22.2 Å². The van der Waals surface area contributed by atoms with Gasteiger partial charge in [0.2, 0.25) is 5.78 Å². The third kappa shape index (κ3) is 3.86. The van der Waals surface area contributed by atoms with Gasteiger partial charge in [0.1, 0.15) is 5.01 Å². The Morgan fingerprint density at radius 1 is 1.00 bits per heavy atom. The fourth-order valence-electron chi connectivity index (χ4n) is 5.22. The van der Waals surface area contributed by atoms with Crippen molar-refractivity contribution >= 4 is 23.0 Å². The average molecular weight is 473 g/mol. The van der Waals surface area contributed by atoms with Gasteiger partial charge in [-0.1, -0.05) is 73.9 Å². The van der Waals surface area contributed by atoms with Crippen molar-refractivity contribution in [2.45, 2.75) is 58.0 Å². The van der Waals surface area contributed by atoms with Crippen molar-refractivity contribution in [3.63, 3.8) is 0 Å². The molecule has 34 heavy (non-hydrogen) atoms. The molecule has 0 radical (unpaired) electrons. The molecule has 1 unspecified atom stereocenters. The van der Waals surface area contributed by atoms with Crippen LogP contribution >= 0.6 is 11.3 Å². The van der Waals surface area contributed by atoms with E-state index in [-0.39, 0.29) is 17.4 Å². The van der Waals surface area contributed by atoms with Crippen LogP contribution in [0.2, 0.25) is 0 Å². The number of benzene rings is 2. The first-order chi connectivity index (χ1) is 16.5. The van der Waals surface area contributed by atoms with Crippen LogP contribution in [0.1, 0.15) is 64.6 Å². The quantitative estimate of drug-likeness (QED) is 0.440. The molecule has 1 aliphatic heterocycles. The maximum Gasteiger partial charge on any atom is 0.290 e. The lowest BCUT2D eigenvalue weighted by molar-refractivity contribution is -0.132. The number of ketones is 1. The summed E-state index contributed by atoms with van der Waals surface area (Å²) in [4.78, 5) is 34.3. The van der Waals surface area contributed by atoms with Crippen LogP contribution in [0.5, 0.6) is 0 Å². The monoisotopic (exact) mass is 472 g/mol. The number of amides is 1. The smallest absolute Gasteiger partial charge is 0.290 e. The lowest BCUT2D eigenvalue weighted by Crippen LogP contribution is -2.41. The van der Waals surface area contributed by atoms with Crippen LogP contribution in [-0.4, -0.2) is 32.7 Å². The van der Waals surface area contributed by atoms with Crippen molar-refractivity contribution in [3.05, 3.63) is 87.6 Å². The molecular weight excluding hydrogens is 444 g/mol. The average Bonchev–Trinajstić information content (AvgIpc) is 3.37. The molecule has 1 N–H and O–H groups in total. The number of hydrogen-bond donors (Lipinski definition) is 1. The van der Waals surface area contributed by atoms with Gasteiger partial charge in [-0.3, -0.25) is 9.59 Å². The highest BCUT2D eigenvalue weighted by Gasteiger charge is 2.47. The minimum Gasteiger partial charge on any atom is -0.503 e. The highest BCUT2D eigenvalue weighted by atomic mass is 32.1. The summed E-state index contributed by atoms with van der Waals surface area (Å²) in [6, 6.07) is 17.0. The molecule has 1 aliphatic carbocycles. The number of rotatable bonds is 5. The van der Waals surface area contributed by atoms with Gasteiger partial charge in [-0.25, -0.2) is 4.98 Å². The summed E-state index contributed by atoms with van der Waals surface area (Å²) < 4.78 is 0. The normalized spacial score (nSPS) is 19.2. The van der Waals surface area contributed by atoms with E-state index < -0.39 is 17.7 Å². The summed E-state index contributed by atoms with van der Waals surface area (Å²) in [5, 5.41) is 11.8. The van der Waals surface area contributed by atoms with Crippen molar-refractivity contribution < 1.29 is 14.7 Å². The van der Waals surface area contributed by atoms with E-state index in [1.807, 2.05) is 68.4 Å². The molecule has 0 saturated heterocycles. The number of thiazole rings is 1. The first-order valence-electron chi connectivity index (χ1n) is 11.9. The Bertz CT molecular complexity index is 1270. The number of aryl methyl sites for hydroxylation is 2. The highest BCUT2D eigenvalue weighted by molar-refractivity contribution is 7.17. The van der Waals surface area contributed by atoms with Crippen molar-refractivity contribution in [2.75, 3.05) is 0 Å². The van der Waals surface area contributed by atoms with Gasteiger partial charge in [-0.2, -0.15) is 0 Å². The van der Waals surface area contributed by atoms with Crippen LogP contribution in [0.15, 0.2) is 65.9 Å². The first-order valence-corrected chi connectivity index (χ1v) is 12.7. The lowest BCUT2D eigenvalue weighted by Gasteiger charge is -2.37. The molecule has 0 bridgehead atoms. The topological polar surface area (TPSA) is 70.5 Å². The number of aliphatic hydroxyl groups excluding tert-OH is 1. The molecule has 2 heterocycles. The van der Waals surface area contributed by atoms with Crippen molar-refractivity contribution in [1.82, 2.24) is 9.88 Å². The molecule has 1 atom stereocenters. The maximum absolute atomic E-state index is 14.0. The predicted molar refractivity (Wildman–Crippen MR) is 134 cm³/mol. The summed E-state index contributed by atoms with van der Waals surface area (Å²) in [6.07, 6.45) is 5.03. The van der Waals surface area contributed by atoms with Gasteiger partial charge in [-0.05, 0) is 37.8 Å². The second-order valence-electron chi connectivity index (χ2n) is 9.15. The molecule has 174 valence electrons. The van der Waals surface area contributed by atoms with Crippen molar-refractivity contribution in [1.29, 1.82) is 0 Å². The minimum absolute atomic E-state index is 0.0146. The van der Waals surface area contributed by atoms with E-state index in [0.29, 0.717) is 10.6 Å². The largest absolute Gasteiger partial charge is 0.503 e. The van der Waals surface area contributed by atoms with Gasteiger partial charge < -0.3 is 10.0 Å². The lowest BCUT2D eigenvalue weighted by atomic mass is 9.88. The van der Waals surface area contributed by atoms with Gasteiger partial charge in [0.25, 0.3) is 5.91 Å². The molecule has 5 nitrogen and oxygen atoms in total. The molecule has 0 spiro atoms. The Balaban J connectivity index is 1.60. The molecule has 3 aromatic rings. The molecule has 2 aromatic carbocycles. The predicted octanol–water partition coefficient (Wildman–Crippen LogP) is 6.34. The van der Waals surface area contributed by atoms with Crippen LogP contribution in [0.3, 0.4) is 0 Å². The third-order valence-electron chi connectivity index (χ3n) is 6.96. The number of hydrogen-bond acceptors (Lipinski definition) is 5. The maximum atomic E-state index is 14.0. The van der Waals surface area contributed by atoms with E-state index in [4.69, 9.17) is 0 Å². The number of Topliss-reactive ketones (excluding diaryl/α,β-unsaturated/α-hetero) is 1. The first kappa shape index (κ1) is 22.5. The third-order valence-corrected chi connectivity index (χ3v) is 8.17. The molecule has 1 aromatic heterocycles. The summed E-state index contributed by atoms with van der Waals surface area (Å²) in [5.74, 6) is -1.17. The molecule has 1 fully saturated rings. The van der Waals surface area contributed by atoms with Crippen molar-refractivity contribution in [2.24, 2.45) is 0 Å². The van der Waals surface area contributed by atoms with Gasteiger partial charge in [0, 0.05) is 11.6 Å². The minimum atomic E-state index is -0.592. The molecule has 1 saturated carbocycles. The Hall–Kier alpha value is -3.25. The van der Waals surface area contributed by atoms with Crippen LogP contribution in [0.25, 0.3) is 10.6 Å². The van der Waals surface area contributed by atoms with Crippen LogP contribution in [0, 0.1) is 13.8 Å². The summed E-state index contributed by atoms with van der Waals surface area (Å²) in [6.45, 7) is 3.80. The molecule has 1 amide bonds. The highest BCUT2D eigenvalue weighted by Crippen LogP contribution is 2.44. The zero-order valence-electron chi connectivity index (χ0n) is 19.5. The van der Waals surface area contributed by atoms with Gasteiger partial charge in [0.15, 0.2) is 5.76 Å². The zero-order valence-corrected chi connectivity index (χ0v) is 20.3. The molecule has 5 rings (SSSR count). The van der Waals surface area contributed by atoms with E-state index in [2.05, 4.69) is 4.98 Å². The summed E-state index contributed by atoms with van der Waals surface area (Å²) in [5.41, 5.74) is 3.61. The van der Waals surface area contributed by atoms with E-state index >= 15 is 0 Å². The van der Waals surface area contributed by atoms with E-state index in [0.717, 1.165) is 53.8 Å². The zero-order chi connectivity index (χ0) is 23.8. The van der Waals surface area contributed by atoms with E-state index in [1.165, 1.54) is 11.3 Å². The Morgan fingerprint density at radius 3 is 2.38 bits per heavy atom. The van der Waals surface area contributed by atoms with Crippen LogP contribution in [0.4, 0.5) is 0 Å². The van der Waals surface area contributed by atoms with Crippen LogP contribution < -0.4 is 0 Å². The van der Waals surface area contributed by atoms with E-state index in [1.54, 1.807) is 4.90 Å². The molecule has 6 heteroatoms. The second kappa shape index (κ2) is 9.18. The Kier molecular flexibility index (Phi) is 6.09. The summed E-state index contributed by atoms with van der Waals surface area (Å²) >= 11 is 1.31. The van der Waals surface area contributed by atoms with Gasteiger partial charge in [-0.15, -0.1) is 11.3 Å². The van der Waals surface area contributed by atoms with E-state index in [9.17, 15) is 14.7 Å². The number of carbonyl (C=O) groups excluding carboxylic acids is 2. The fourth-order valence-corrected chi connectivity index (χ4v) is 6.25. The number of aromatic nitrogens is 1. The standard InChI is InChI=1S/C28H28N2O3S/c1-17-11-9-10-16-21(17)23-22(25(32)28(33)30(23)20-14-7-4-8-15-20)24(31)26-18(2)29-27(34-26)19-12-5-3-6-13-19/h3,5-6,9-13,16,20,23,32H,4,7-8,14-15H2,1-2H3. The van der Waals surface area contributed by atoms with Crippen molar-refractivity contribution in [3.8, 4) is 10.6 Å². The number of nitrogens with zero attached hydrogens (tertiary/aromatic N) is 2. The number of carbonyl (C=O) groups is 2. The second-order valence-corrected chi connectivity index (χ2v) is 10.2. The molecular formula is C28H28N2O3S. The van der Waals surface area contributed by atoms with Gasteiger partial charge >= 0.3 is 0 Å². The Labute approximate surface area is 203 Å². The SMILES string of the molecule is Cc1ccccc1C1C(C(=O)c2sc(-c3ccccc3)nc2C)=C(O)C(=O)N1C1CCCCC1.